The molecule has 3 fully saturated rings. The summed E-state index contributed by atoms with van der Waals surface area (Å²) in [7, 11) is 0. The second-order valence-corrected chi connectivity index (χ2v) is 8.32. The van der Waals surface area contributed by atoms with Gasteiger partial charge in [0.2, 0.25) is 0 Å². The van der Waals surface area contributed by atoms with Gasteiger partial charge >= 0.3 is 5.97 Å². The predicted molar refractivity (Wildman–Crippen MR) is 89.7 cm³/mol. The van der Waals surface area contributed by atoms with Gasteiger partial charge in [0, 0.05) is 12.8 Å². The van der Waals surface area contributed by atoms with Gasteiger partial charge in [-0.25, -0.2) is 4.79 Å². The fraction of sp³-hybridized carbons (Fsp3) is 0.600. The van der Waals surface area contributed by atoms with E-state index in [4.69, 9.17) is 18.6 Å². The zero-order chi connectivity index (χ0) is 18.3. The summed E-state index contributed by atoms with van der Waals surface area (Å²) >= 11 is 0. The lowest BCUT2D eigenvalue weighted by Crippen LogP contribution is -2.24. The second kappa shape index (κ2) is 5.08. The van der Waals surface area contributed by atoms with Crippen molar-refractivity contribution in [3.63, 3.8) is 0 Å². The molecule has 0 aliphatic carbocycles. The van der Waals surface area contributed by atoms with E-state index < -0.39 is 11.2 Å². The van der Waals surface area contributed by atoms with Crippen LogP contribution in [-0.4, -0.2) is 35.7 Å². The Balaban J connectivity index is 1.53. The van der Waals surface area contributed by atoms with Crippen LogP contribution in [-0.2, 0) is 25.4 Å². The van der Waals surface area contributed by atoms with Crippen LogP contribution in [0.4, 0.5) is 0 Å². The van der Waals surface area contributed by atoms with Crippen LogP contribution in [0.25, 0.3) is 0 Å². The summed E-state index contributed by atoms with van der Waals surface area (Å²) in [4.78, 5) is 23.9. The Morgan fingerprint density at radius 1 is 1.38 bits per heavy atom. The molecule has 26 heavy (non-hydrogen) atoms. The van der Waals surface area contributed by atoms with E-state index in [9.17, 15) is 9.59 Å². The zero-order valence-electron chi connectivity index (χ0n) is 14.9. The van der Waals surface area contributed by atoms with Crippen LogP contribution in [0, 0.1) is 5.92 Å². The minimum absolute atomic E-state index is 0.103. The van der Waals surface area contributed by atoms with Crippen LogP contribution >= 0.6 is 0 Å². The molecule has 4 bridgehead atoms. The van der Waals surface area contributed by atoms with E-state index in [0.29, 0.717) is 36.3 Å². The third kappa shape index (κ3) is 2.18. The molecule has 6 atom stereocenters. The van der Waals surface area contributed by atoms with Crippen molar-refractivity contribution in [2.24, 2.45) is 5.92 Å². The smallest absolute Gasteiger partial charge is 0.341 e. The van der Waals surface area contributed by atoms with Gasteiger partial charge in [-0.05, 0) is 38.7 Å². The van der Waals surface area contributed by atoms with E-state index >= 15 is 0 Å². The SMILES string of the molecule is C=C(C)[C@@H]1CC[C@]23O[C@H]2[C@H](C[C@@]2(C)O[C@@H]2c2cc(C=O)c(o2)C1)OC3=O. The summed E-state index contributed by atoms with van der Waals surface area (Å²) in [5, 5.41) is 0. The quantitative estimate of drug-likeness (QED) is 0.350. The van der Waals surface area contributed by atoms with Crippen LogP contribution in [0.3, 0.4) is 0 Å². The first kappa shape index (κ1) is 16.3. The van der Waals surface area contributed by atoms with Crippen molar-refractivity contribution in [3.8, 4) is 0 Å². The number of carbonyl (C=O) groups is 2. The third-order valence-electron chi connectivity index (χ3n) is 6.41. The van der Waals surface area contributed by atoms with Gasteiger partial charge in [0.1, 0.15) is 35.4 Å². The molecule has 0 N–H and O–H groups in total. The van der Waals surface area contributed by atoms with Crippen molar-refractivity contribution >= 4 is 12.3 Å². The van der Waals surface area contributed by atoms with Gasteiger partial charge in [-0.15, -0.1) is 0 Å². The zero-order valence-corrected chi connectivity index (χ0v) is 14.9. The maximum atomic E-state index is 12.4. The molecule has 3 saturated heterocycles. The largest absolute Gasteiger partial charge is 0.462 e. The number of aldehydes is 1. The van der Waals surface area contributed by atoms with E-state index in [1.54, 1.807) is 6.07 Å². The number of fused-ring (bicyclic) bond motifs is 4. The highest BCUT2D eigenvalue weighted by Crippen LogP contribution is 2.58. The van der Waals surface area contributed by atoms with Gasteiger partial charge in [0.05, 0.1) is 5.56 Å². The second-order valence-electron chi connectivity index (χ2n) is 8.32. The first-order valence-electron chi connectivity index (χ1n) is 9.16. The molecular weight excluding hydrogens is 336 g/mol. The lowest BCUT2D eigenvalue weighted by Gasteiger charge is -2.18. The number of hydrogen-bond acceptors (Lipinski definition) is 6. The number of hydrogen-bond donors (Lipinski definition) is 0. The normalized spacial score (nSPS) is 43.1. The van der Waals surface area contributed by atoms with Crippen molar-refractivity contribution in [3.05, 3.63) is 35.3 Å². The molecule has 5 heterocycles. The number of rotatable bonds is 2. The van der Waals surface area contributed by atoms with Crippen molar-refractivity contribution in [2.75, 3.05) is 0 Å². The molecule has 0 amide bonds. The molecule has 0 unspecified atom stereocenters. The highest BCUT2D eigenvalue weighted by Gasteiger charge is 2.74. The number of furan rings is 1. The first-order chi connectivity index (χ1) is 12.4. The summed E-state index contributed by atoms with van der Waals surface area (Å²) in [5.74, 6) is 1.18. The van der Waals surface area contributed by atoms with Crippen LogP contribution < -0.4 is 0 Å². The number of esters is 1. The van der Waals surface area contributed by atoms with E-state index in [0.717, 1.165) is 18.3 Å². The topological polar surface area (TPSA) is 81.6 Å². The highest BCUT2D eigenvalue weighted by atomic mass is 16.7. The summed E-state index contributed by atoms with van der Waals surface area (Å²) in [6, 6.07) is 1.78. The van der Waals surface area contributed by atoms with E-state index in [1.807, 2.05) is 13.8 Å². The van der Waals surface area contributed by atoms with Crippen LogP contribution in [0.15, 0.2) is 22.6 Å². The van der Waals surface area contributed by atoms with Gasteiger partial charge in [0.25, 0.3) is 0 Å². The van der Waals surface area contributed by atoms with Crippen LogP contribution in [0.5, 0.6) is 0 Å². The highest BCUT2D eigenvalue weighted by molar-refractivity contribution is 5.86. The van der Waals surface area contributed by atoms with Crippen molar-refractivity contribution < 1.29 is 28.2 Å². The molecule has 6 nitrogen and oxygen atoms in total. The summed E-state index contributed by atoms with van der Waals surface area (Å²) in [6.45, 7) is 8.03. The Morgan fingerprint density at radius 3 is 2.88 bits per heavy atom. The number of carbonyl (C=O) groups excluding carboxylic acids is 2. The molecule has 0 aromatic carbocycles. The van der Waals surface area contributed by atoms with E-state index in [-0.39, 0.29) is 30.2 Å². The average Bonchev–Trinajstić information content (AvgIpc) is 3.40. The molecular formula is C20H22O6. The Kier molecular flexibility index (Phi) is 3.18. The lowest BCUT2D eigenvalue weighted by molar-refractivity contribution is -0.154. The monoisotopic (exact) mass is 358 g/mol. The number of epoxide rings is 2. The van der Waals surface area contributed by atoms with Crippen molar-refractivity contribution in [2.45, 2.75) is 69.0 Å². The molecule has 1 aromatic rings. The maximum Gasteiger partial charge on any atom is 0.341 e. The maximum absolute atomic E-state index is 12.4. The molecule has 0 spiro atoms. The molecule has 5 rings (SSSR count). The summed E-state index contributed by atoms with van der Waals surface area (Å²) < 4.78 is 23.4. The standard InChI is InChI=1S/C20H22O6/c1-10(2)11-4-5-20-17(26-20)15(24-18(20)22)8-19(3)16(25-19)14-7-12(9-21)13(6-11)23-14/h7,9,11,15-17H,1,4-6,8H2,2-3H3/t11-,15+,16-,17+,19-,20+/m1/s1. The van der Waals surface area contributed by atoms with Gasteiger partial charge in [-0.2, -0.15) is 0 Å². The Bertz CT molecular complexity index is 824. The average molecular weight is 358 g/mol. The number of ether oxygens (including phenoxy) is 3. The third-order valence-corrected chi connectivity index (χ3v) is 6.41. The van der Waals surface area contributed by atoms with Crippen molar-refractivity contribution in [1.82, 2.24) is 0 Å². The molecule has 138 valence electrons. The van der Waals surface area contributed by atoms with Crippen molar-refractivity contribution in [1.29, 1.82) is 0 Å². The lowest BCUT2D eigenvalue weighted by atomic mass is 9.86. The molecule has 4 aliphatic rings. The summed E-state index contributed by atoms with van der Waals surface area (Å²) in [5.41, 5.74) is 0.298. The van der Waals surface area contributed by atoms with Crippen LogP contribution in [0.2, 0.25) is 0 Å². The minimum atomic E-state index is -0.797. The Morgan fingerprint density at radius 2 is 2.19 bits per heavy atom. The summed E-state index contributed by atoms with van der Waals surface area (Å²) in [6.07, 6.45) is 2.60. The van der Waals surface area contributed by atoms with Gasteiger partial charge < -0.3 is 18.6 Å². The Labute approximate surface area is 151 Å². The molecule has 6 heteroatoms. The van der Waals surface area contributed by atoms with Gasteiger partial charge in [-0.3, -0.25) is 4.79 Å². The molecule has 1 aromatic heterocycles. The number of allylic oxidation sites excluding steroid dienone is 1. The Hall–Kier alpha value is -1.92. The molecule has 0 saturated carbocycles. The predicted octanol–water partition coefficient (Wildman–Crippen LogP) is 2.90. The minimum Gasteiger partial charge on any atom is -0.462 e. The fourth-order valence-corrected chi connectivity index (χ4v) is 4.62. The molecule has 4 aliphatic heterocycles. The van der Waals surface area contributed by atoms with Crippen LogP contribution in [0.1, 0.15) is 61.1 Å². The van der Waals surface area contributed by atoms with Gasteiger partial charge in [-0.1, -0.05) is 12.2 Å². The van der Waals surface area contributed by atoms with Gasteiger partial charge in [0.15, 0.2) is 11.9 Å². The molecule has 0 radical (unpaired) electrons. The first-order valence-corrected chi connectivity index (χ1v) is 9.16. The van der Waals surface area contributed by atoms with E-state index in [2.05, 4.69) is 6.58 Å². The fourth-order valence-electron chi connectivity index (χ4n) is 4.62. The van der Waals surface area contributed by atoms with E-state index in [1.165, 1.54) is 0 Å².